The third kappa shape index (κ3) is 20.1. The van der Waals surface area contributed by atoms with Gasteiger partial charge in [0, 0.05) is 48.9 Å². The number of phenolic OH excluding ortho intramolecular Hbond substituents is 1. The highest BCUT2D eigenvalue weighted by Gasteiger charge is 2.41. The lowest BCUT2D eigenvalue weighted by atomic mass is 9.92. The fourth-order valence-corrected chi connectivity index (χ4v) is 10.6. The number of Topliss-reactive ketones (excluding diaryl/α,β-unsaturated/α-hetero) is 1. The van der Waals surface area contributed by atoms with Gasteiger partial charge in [0.05, 0.1) is 31.0 Å². The molecule has 1 saturated heterocycles. The lowest BCUT2D eigenvalue weighted by Gasteiger charge is -2.31. The van der Waals surface area contributed by atoms with E-state index >= 15 is 0 Å². The van der Waals surface area contributed by atoms with Gasteiger partial charge in [-0.05, 0) is 110 Å². The summed E-state index contributed by atoms with van der Waals surface area (Å²) < 4.78 is 51.9. The monoisotopic (exact) mass is 1230 g/mol. The number of nitrogens with two attached hydrogens (primary N) is 1. The molecule has 1 unspecified atom stereocenters. The number of ketones is 1. The number of cyclic esters (lactones) is 2. The maximum absolute atomic E-state index is 14.9. The van der Waals surface area contributed by atoms with Crippen molar-refractivity contribution in [2.75, 3.05) is 26.3 Å². The summed E-state index contributed by atoms with van der Waals surface area (Å²) in [5.41, 5.74) is 8.32. The van der Waals surface area contributed by atoms with Crippen molar-refractivity contribution in [3.8, 4) is 5.75 Å². The van der Waals surface area contributed by atoms with Gasteiger partial charge in [-0.15, -0.1) is 0 Å². The summed E-state index contributed by atoms with van der Waals surface area (Å²) in [5.74, 6) is -9.82. The number of carbonyl (C=O) groups is 10. The number of halogens is 3. The number of fused-ring (bicyclic) bond motifs is 1. The number of hydrogen-bond acceptors (Lipinski definition) is 14. The molecular formula is C64H74F3N9O13. The molecule has 474 valence electrons. The van der Waals surface area contributed by atoms with E-state index in [1.165, 1.54) is 42.2 Å². The molecule has 1 aromatic heterocycles. The van der Waals surface area contributed by atoms with Crippen molar-refractivity contribution in [3.05, 3.63) is 149 Å². The SMILES string of the molecule is Cc1cc(CNC(=O)[C@H](Cc2c[nH]c3ccccc23)NC(=O)[C@H](CC(C)C)NC(=O)[C@@H]2CCCN2C(=O)C2CC(=O)OCC=CCOC(=O)C[C@@H](NC(=O)[C@@H](N)Cc3ccc(O)cc3)C(=O)NCC(=O)C[C@@H](Cc3ccccc3)C(=O)N2)cc(C(F)(F)F)c1. The largest absolute Gasteiger partial charge is 0.508 e. The molecule has 10 N–H and O–H groups in total. The Hall–Kier alpha value is -9.39. The molecule has 0 saturated carbocycles. The van der Waals surface area contributed by atoms with Crippen molar-refractivity contribution < 1.29 is 75.7 Å². The number of hydrogen-bond donors (Lipinski definition) is 9. The summed E-state index contributed by atoms with van der Waals surface area (Å²) >= 11 is 0. The number of carbonyl (C=O) groups excluding carboxylic acids is 10. The topological polar surface area (TPSA) is 327 Å². The summed E-state index contributed by atoms with van der Waals surface area (Å²) in [5, 5.41) is 26.2. The predicted molar refractivity (Wildman–Crippen MR) is 318 cm³/mol. The second kappa shape index (κ2) is 31.5. The van der Waals surface area contributed by atoms with Crippen LogP contribution in [0.4, 0.5) is 13.2 Å². The zero-order valence-corrected chi connectivity index (χ0v) is 49.5. The van der Waals surface area contributed by atoms with E-state index in [4.69, 9.17) is 15.2 Å². The van der Waals surface area contributed by atoms with Crippen LogP contribution in [0.2, 0.25) is 0 Å². The van der Waals surface area contributed by atoms with Crippen LogP contribution >= 0.6 is 0 Å². The van der Waals surface area contributed by atoms with Gasteiger partial charge < -0.3 is 62.1 Å². The van der Waals surface area contributed by atoms with Gasteiger partial charge in [0.1, 0.15) is 49.2 Å². The number of esters is 2. The van der Waals surface area contributed by atoms with Gasteiger partial charge in [0.25, 0.3) is 0 Å². The molecule has 1 fully saturated rings. The summed E-state index contributed by atoms with van der Waals surface area (Å²) in [7, 11) is 0. The van der Waals surface area contributed by atoms with E-state index in [1.54, 1.807) is 68.6 Å². The number of benzene rings is 4. The lowest BCUT2D eigenvalue weighted by Crippen LogP contribution is -2.58. The number of para-hydroxylation sites is 1. The number of aromatic amines is 1. The Morgan fingerprint density at radius 2 is 1.45 bits per heavy atom. The van der Waals surface area contributed by atoms with E-state index in [9.17, 15) is 66.2 Å². The Labute approximate surface area is 511 Å². The quantitative estimate of drug-likeness (QED) is 0.0443. The van der Waals surface area contributed by atoms with E-state index in [0.717, 1.165) is 23.0 Å². The summed E-state index contributed by atoms with van der Waals surface area (Å²) in [4.78, 5) is 144. The molecule has 3 heterocycles. The fraction of sp³-hybridized carbons (Fsp3) is 0.406. The first-order valence-electron chi connectivity index (χ1n) is 29.3. The first-order chi connectivity index (χ1) is 42.4. The van der Waals surface area contributed by atoms with Gasteiger partial charge in [0.15, 0.2) is 5.78 Å². The Morgan fingerprint density at radius 3 is 2.15 bits per heavy atom. The van der Waals surface area contributed by atoms with Crippen LogP contribution in [0.15, 0.2) is 115 Å². The van der Waals surface area contributed by atoms with Crippen LogP contribution in [0.1, 0.15) is 85.8 Å². The zero-order valence-electron chi connectivity index (χ0n) is 49.5. The fourth-order valence-electron chi connectivity index (χ4n) is 10.6. The average molecular weight is 1230 g/mol. The average Bonchev–Trinajstić information content (AvgIpc) is 2.50. The van der Waals surface area contributed by atoms with Crippen LogP contribution < -0.4 is 37.6 Å². The summed E-state index contributed by atoms with van der Waals surface area (Å²) in [6, 6.07) is 16.8. The van der Waals surface area contributed by atoms with Crippen LogP contribution in [-0.2, 0) is 89.4 Å². The van der Waals surface area contributed by atoms with E-state index < -0.39 is 145 Å². The first-order valence-corrected chi connectivity index (χ1v) is 29.3. The molecule has 7 amide bonds. The molecule has 2 aliphatic heterocycles. The van der Waals surface area contributed by atoms with Crippen molar-refractivity contribution >= 4 is 70.0 Å². The molecule has 22 nitrogen and oxygen atoms in total. The number of alkyl halides is 3. The molecule has 0 radical (unpaired) electrons. The number of aryl methyl sites for hydroxylation is 1. The van der Waals surface area contributed by atoms with Crippen LogP contribution in [0.25, 0.3) is 10.9 Å². The number of aromatic nitrogens is 1. The smallest absolute Gasteiger partial charge is 0.416 e. The van der Waals surface area contributed by atoms with Crippen molar-refractivity contribution in [1.82, 2.24) is 41.8 Å². The molecule has 89 heavy (non-hydrogen) atoms. The molecule has 0 spiro atoms. The second-order valence-electron chi connectivity index (χ2n) is 22.6. The third-order valence-corrected chi connectivity index (χ3v) is 15.0. The highest BCUT2D eigenvalue weighted by molar-refractivity contribution is 5.99. The number of H-pyrrole nitrogens is 1. The number of ether oxygens (including phenoxy) is 2. The molecule has 2 aliphatic rings. The molecule has 7 rings (SSSR count). The van der Waals surface area contributed by atoms with Crippen LogP contribution in [0.3, 0.4) is 0 Å². The molecule has 4 aromatic carbocycles. The van der Waals surface area contributed by atoms with Gasteiger partial charge in [-0.25, -0.2) is 0 Å². The number of rotatable bonds is 18. The maximum atomic E-state index is 14.9. The molecule has 0 aliphatic carbocycles. The Kier molecular flexibility index (Phi) is 23.8. The van der Waals surface area contributed by atoms with Gasteiger partial charge >= 0.3 is 18.1 Å². The maximum Gasteiger partial charge on any atom is 0.416 e. The number of aromatic hydroxyl groups is 1. The number of likely N-dealkylation sites (tertiary alicyclic amines) is 1. The van der Waals surface area contributed by atoms with Gasteiger partial charge in [-0.2, -0.15) is 13.2 Å². The summed E-state index contributed by atoms with van der Waals surface area (Å²) in [6.07, 6.45) is -2.02. The Bertz CT molecular complexity index is 3390. The third-order valence-electron chi connectivity index (χ3n) is 15.0. The normalized spacial score (nSPS) is 19.4. The second-order valence-corrected chi connectivity index (χ2v) is 22.6. The molecule has 5 aromatic rings. The van der Waals surface area contributed by atoms with E-state index in [2.05, 4.69) is 36.9 Å². The number of phenols is 1. The van der Waals surface area contributed by atoms with Crippen LogP contribution in [0.5, 0.6) is 5.75 Å². The molecule has 0 bridgehead atoms. The van der Waals surface area contributed by atoms with E-state index in [-0.39, 0.29) is 75.5 Å². The number of nitrogens with zero attached hydrogens (tertiary/aromatic N) is 1. The predicted octanol–water partition coefficient (Wildman–Crippen LogP) is 3.98. The molecular weight excluding hydrogens is 1160 g/mol. The van der Waals surface area contributed by atoms with Crippen molar-refractivity contribution in [2.45, 2.75) is 128 Å². The van der Waals surface area contributed by atoms with E-state index in [0.29, 0.717) is 22.3 Å². The zero-order chi connectivity index (χ0) is 64.4. The highest BCUT2D eigenvalue weighted by Crippen LogP contribution is 2.31. The minimum Gasteiger partial charge on any atom is -0.508 e. The standard InChI is InChI=1S/C64H74F3N9O13/c1-37(2)24-50(61(85)73-51(31-43-35-69-49-15-8-7-14-47(43)49)59(83)70-34-41-25-38(3)26-44(28-41)64(65,66)67)74-62(86)54-16-11-21-76(54)63(87)53-33-56(80)89-23-10-9-22-88-55(79)32-52(72-58(82)48(68)29-40-17-19-45(77)20-18-40)60(84)71-36-46(78)30-42(57(81)75-53)27-39-12-5-4-6-13-39/h4-10,12-15,17-20,25-26,28,35,37,42,48,50-54,69,77H,11,16,21-24,27,29-34,36,68H2,1-3H3,(H,70,83)(H,71,84)(H,72,82)(H,73,85)(H,74,86)(H,75,81)/t42-,48+,50+,51+,52-,53?,54+/m1/s1. The minimum atomic E-state index is -4.64. The van der Waals surface area contributed by atoms with Crippen molar-refractivity contribution in [2.24, 2.45) is 17.6 Å². The minimum absolute atomic E-state index is 0.00809. The Balaban J connectivity index is 1.08. The van der Waals surface area contributed by atoms with Crippen molar-refractivity contribution in [1.29, 1.82) is 0 Å². The van der Waals surface area contributed by atoms with Gasteiger partial charge in [-0.1, -0.05) is 86.1 Å². The van der Waals surface area contributed by atoms with Crippen LogP contribution in [0, 0.1) is 18.8 Å². The van der Waals surface area contributed by atoms with Gasteiger partial charge in [-0.3, -0.25) is 47.9 Å². The number of nitrogens with one attached hydrogen (secondary N) is 7. The van der Waals surface area contributed by atoms with E-state index in [1.807, 2.05) is 18.2 Å². The highest BCUT2D eigenvalue weighted by atomic mass is 19.4. The van der Waals surface area contributed by atoms with Gasteiger partial charge in [0.2, 0.25) is 41.4 Å². The molecule has 7 atom stereocenters. The summed E-state index contributed by atoms with van der Waals surface area (Å²) in [6.45, 7) is 3.29. The molecule has 25 heteroatoms. The Morgan fingerprint density at radius 1 is 0.764 bits per heavy atom. The van der Waals surface area contributed by atoms with Crippen molar-refractivity contribution in [3.63, 3.8) is 0 Å². The number of amides is 7. The first kappa shape index (κ1) is 67.1. The lowest BCUT2D eigenvalue weighted by molar-refractivity contribution is -0.149. The van der Waals surface area contributed by atoms with Crippen LogP contribution in [-0.4, -0.2) is 137 Å².